The fourth-order valence-electron chi connectivity index (χ4n) is 5.02. The van der Waals surface area contributed by atoms with Crippen LogP contribution in [0.5, 0.6) is 0 Å². The van der Waals surface area contributed by atoms with Crippen LogP contribution in [0.15, 0.2) is 24.3 Å². The monoisotopic (exact) mass is 368 g/mol. The van der Waals surface area contributed by atoms with E-state index in [-0.39, 0.29) is 11.8 Å². The van der Waals surface area contributed by atoms with Gasteiger partial charge in [0.05, 0.1) is 22.8 Å². The molecule has 1 aliphatic carbocycles. The summed E-state index contributed by atoms with van der Waals surface area (Å²) in [7, 11) is 0. The van der Waals surface area contributed by atoms with Gasteiger partial charge in [-0.2, -0.15) is 5.10 Å². The summed E-state index contributed by atoms with van der Waals surface area (Å²) in [5, 5.41) is 12.8. The zero-order valence-corrected chi connectivity index (χ0v) is 16.1. The number of amides is 1. The molecular weight excluding hydrogens is 340 g/mol. The maximum atomic E-state index is 12.9. The summed E-state index contributed by atoms with van der Waals surface area (Å²) in [6, 6.07) is 8.73. The first-order valence-corrected chi connectivity index (χ1v) is 10.1. The first kappa shape index (κ1) is 17.2. The molecule has 3 aliphatic rings. The summed E-state index contributed by atoms with van der Waals surface area (Å²) < 4.78 is 7.69. The first-order chi connectivity index (χ1) is 13.1. The number of hydrogen-bond acceptors (Lipinski definition) is 4. The van der Waals surface area contributed by atoms with E-state index in [1.54, 1.807) is 0 Å². The average Bonchev–Trinajstić information content (AvgIpc) is 3.01. The van der Waals surface area contributed by atoms with Crippen LogP contribution in [-0.2, 0) is 15.1 Å². The molecule has 6 nitrogen and oxygen atoms in total. The van der Waals surface area contributed by atoms with Crippen molar-refractivity contribution in [3.8, 4) is 0 Å². The zero-order valence-electron chi connectivity index (χ0n) is 16.1. The average molecular weight is 368 g/mol. The van der Waals surface area contributed by atoms with Gasteiger partial charge in [0.1, 0.15) is 0 Å². The number of fused-ring (bicyclic) bond motifs is 2. The maximum absolute atomic E-state index is 12.9. The van der Waals surface area contributed by atoms with Gasteiger partial charge in [0.2, 0.25) is 5.91 Å². The molecular formula is C21H28N4O2. The van der Waals surface area contributed by atoms with Crippen molar-refractivity contribution in [3.05, 3.63) is 30.0 Å². The van der Waals surface area contributed by atoms with E-state index in [0.29, 0.717) is 17.9 Å². The van der Waals surface area contributed by atoms with Crippen LogP contribution in [0.4, 0.5) is 0 Å². The predicted octanol–water partition coefficient (Wildman–Crippen LogP) is 2.20. The fourth-order valence-corrected chi connectivity index (χ4v) is 5.02. The predicted molar refractivity (Wildman–Crippen MR) is 103 cm³/mol. The molecule has 1 saturated carbocycles. The maximum Gasteiger partial charge on any atom is 0.224 e. The number of nitrogens with one attached hydrogen (secondary N) is 2. The Labute approximate surface area is 159 Å². The van der Waals surface area contributed by atoms with E-state index >= 15 is 0 Å². The summed E-state index contributed by atoms with van der Waals surface area (Å²) in [5.41, 5.74) is 1.60. The molecule has 3 fully saturated rings. The number of ether oxygens (including phenoxy) is 1. The minimum Gasteiger partial charge on any atom is -0.381 e. The lowest BCUT2D eigenvalue weighted by atomic mass is 9.96. The molecule has 2 N–H and O–H groups in total. The molecule has 3 heterocycles. The molecule has 6 heteroatoms. The molecule has 1 aromatic heterocycles. The fraction of sp³-hybridized carbons (Fsp3) is 0.619. The number of para-hydroxylation sites is 1. The number of carbonyl (C=O) groups is 1. The second-order valence-electron chi connectivity index (χ2n) is 8.78. The molecule has 0 spiro atoms. The highest BCUT2D eigenvalue weighted by Crippen LogP contribution is 2.49. The Kier molecular flexibility index (Phi) is 4.02. The van der Waals surface area contributed by atoms with E-state index in [2.05, 4.69) is 53.4 Å². The van der Waals surface area contributed by atoms with Crippen molar-refractivity contribution in [3.63, 3.8) is 0 Å². The Bertz CT molecular complexity index is 858. The molecule has 0 bridgehead atoms. The molecule has 1 amide bonds. The Balaban J connectivity index is 1.45. The van der Waals surface area contributed by atoms with E-state index in [4.69, 9.17) is 9.84 Å². The van der Waals surface area contributed by atoms with Crippen molar-refractivity contribution in [1.29, 1.82) is 0 Å². The van der Waals surface area contributed by atoms with Crippen LogP contribution in [0, 0.1) is 17.8 Å². The summed E-state index contributed by atoms with van der Waals surface area (Å²) >= 11 is 0. The highest BCUT2D eigenvalue weighted by atomic mass is 16.5. The lowest BCUT2D eigenvalue weighted by Crippen LogP contribution is -2.43. The van der Waals surface area contributed by atoms with Crippen LogP contribution in [0.25, 0.3) is 10.9 Å². The van der Waals surface area contributed by atoms with Gasteiger partial charge in [-0.25, -0.2) is 0 Å². The Morgan fingerprint density at radius 2 is 1.93 bits per heavy atom. The third-order valence-corrected chi connectivity index (χ3v) is 6.57. The van der Waals surface area contributed by atoms with Gasteiger partial charge in [0.25, 0.3) is 0 Å². The van der Waals surface area contributed by atoms with Crippen molar-refractivity contribution < 1.29 is 9.53 Å². The Hall–Kier alpha value is -1.92. The molecule has 0 radical (unpaired) electrons. The number of rotatable bonds is 4. The van der Waals surface area contributed by atoms with Crippen LogP contribution in [0.1, 0.15) is 38.4 Å². The van der Waals surface area contributed by atoms with Gasteiger partial charge in [-0.1, -0.05) is 18.2 Å². The largest absolute Gasteiger partial charge is 0.381 e. The van der Waals surface area contributed by atoms with E-state index < -0.39 is 5.54 Å². The second-order valence-corrected chi connectivity index (χ2v) is 8.78. The number of piperidine rings is 1. The lowest BCUT2D eigenvalue weighted by Gasteiger charge is -2.26. The summed E-state index contributed by atoms with van der Waals surface area (Å²) in [6.07, 6.45) is 1.96. The van der Waals surface area contributed by atoms with Crippen molar-refractivity contribution in [2.24, 2.45) is 17.8 Å². The molecule has 5 rings (SSSR count). The van der Waals surface area contributed by atoms with Crippen LogP contribution >= 0.6 is 0 Å². The molecule has 2 saturated heterocycles. The minimum atomic E-state index is -0.503. The molecule has 3 atom stereocenters. The van der Waals surface area contributed by atoms with Gasteiger partial charge in [0.15, 0.2) is 0 Å². The van der Waals surface area contributed by atoms with Crippen LogP contribution in [0.3, 0.4) is 0 Å². The standard InChI is InChI=1S/C21H28N4O2/c1-21(2,23-20(26)18-15-11-22-12-16(15)18)19-14-5-3-4-6-17(14)25(24-19)13-7-9-27-10-8-13/h3-6,13,15-16,18,22H,7-12H2,1-2H3,(H,23,26)/t15-,16+,18+. The molecule has 2 aliphatic heterocycles. The smallest absolute Gasteiger partial charge is 0.224 e. The molecule has 0 unspecified atom stereocenters. The molecule has 2 aromatic rings. The van der Waals surface area contributed by atoms with Crippen molar-refractivity contribution >= 4 is 16.8 Å². The molecule has 144 valence electrons. The van der Waals surface area contributed by atoms with Crippen LogP contribution in [-0.4, -0.2) is 42.0 Å². The van der Waals surface area contributed by atoms with E-state index in [9.17, 15) is 4.79 Å². The van der Waals surface area contributed by atoms with E-state index in [1.807, 2.05) is 0 Å². The highest BCUT2D eigenvalue weighted by molar-refractivity contribution is 5.86. The highest BCUT2D eigenvalue weighted by Gasteiger charge is 2.57. The van der Waals surface area contributed by atoms with E-state index in [0.717, 1.165) is 55.7 Å². The summed E-state index contributed by atoms with van der Waals surface area (Å²) in [4.78, 5) is 12.9. The van der Waals surface area contributed by atoms with Crippen LogP contribution < -0.4 is 10.6 Å². The molecule has 1 aromatic carbocycles. The third kappa shape index (κ3) is 2.86. The second kappa shape index (κ2) is 6.31. The Morgan fingerprint density at radius 3 is 2.67 bits per heavy atom. The summed E-state index contributed by atoms with van der Waals surface area (Å²) in [6.45, 7) is 7.67. The van der Waals surface area contributed by atoms with E-state index in [1.165, 1.54) is 0 Å². The number of carbonyl (C=O) groups excluding carboxylic acids is 1. The number of hydrogen-bond donors (Lipinski definition) is 2. The normalized spacial score (nSPS) is 28.3. The number of aromatic nitrogens is 2. The quantitative estimate of drug-likeness (QED) is 0.868. The zero-order chi connectivity index (χ0) is 18.6. The Morgan fingerprint density at radius 1 is 1.22 bits per heavy atom. The van der Waals surface area contributed by atoms with Gasteiger partial charge in [0, 0.05) is 24.5 Å². The minimum absolute atomic E-state index is 0.175. The SMILES string of the molecule is CC(C)(NC(=O)[C@H]1[C@@H]2CNC[C@@H]21)c1nn(C2CCOCC2)c2ccccc12. The molecule has 27 heavy (non-hydrogen) atoms. The van der Waals surface area contributed by atoms with Gasteiger partial charge >= 0.3 is 0 Å². The van der Waals surface area contributed by atoms with Gasteiger partial charge in [-0.3, -0.25) is 9.48 Å². The third-order valence-electron chi connectivity index (χ3n) is 6.57. The number of benzene rings is 1. The van der Waals surface area contributed by atoms with Gasteiger partial charge < -0.3 is 15.4 Å². The number of nitrogens with zero attached hydrogens (tertiary/aromatic N) is 2. The van der Waals surface area contributed by atoms with Gasteiger partial charge in [-0.15, -0.1) is 0 Å². The topological polar surface area (TPSA) is 68.2 Å². The van der Waals surface area contributed by atoms with Crippen molar-refractivity contribution in [2.45, 2.75) is 38.3 Å². The van der Waals surface area contributed by atoms with Crippen molar-refractivity contribution in [2.75, 3.05) is 26.3 Å². The lowest BCUT2D eigenvalue weighted by molar-refractivity contribution is -0.124. The van der Waals surface area contributed by atoms with Crippen molar-refractivity contribution in [1.82, 2.24) is 20.4 Å². The first-order valence-electron chi connectivity index (χ1n) is 10.1. The van der Waals surface area contributed by atoms with Crippen LogP contribution in [0.2, 0.25) is 0 Å². The summed E-state index contributed by atoms with van der Waals surface area (Å²) in [5.74, 6) is 1.41. The van der Waals surface area contributed by atoms with Gasteiger partial charge in [-0.05, 0) is 57.7 Å².